The van der Waals surface area contributed by atoms with Crippen LogP contribution in [0, 0.1) is 13.8 Å². The first-order valence-corrected chi connectivity index (χ1v) is 14.6. The largest absolute Gasteiger partial charge is 0.497 e. The topological polar surface area (TPSA) is 82.6 Å². The first kappa shape index (κ1) is 27.3. The lowest BCUT2D eigenvalue weighted by atomic mass is 10.0. The smallest absolute Gasteiger partial charge is 0.248 e. The number of likely N-dealkylation sites (tertiary alicyclic amines) is 1. The standard InChI is InChI=1S/C26H42N4O5S/c1-20-16-24(34-4)17-21(2)26(20)36(32,33)30-9-5-6-23(30)18-35-19-25(31)29-10-7-22(8-11-29)28-14-12-27(3)13-15-28/h16-17,22-23H,5-15,18-19H2,1-4H3. The molecule has 202 valence electrons. The molecule has 1 atom stereocenters. The van der Waals surface area contributed by atoms with E-state index in [1.54, 1.807) is 37.4 Å². The number of carbonyl (C=O) groups is 1. The van der Waals surface area contributed by atoms with Crippen molar-refractivity contribution in [2.24, 2.45) is 0 Å². The highest BCUT2D eigenvalue weighted by Gasteiger charge is 2.37. The van der Waals surface area contributed by atoms with Crippen LogP contribution in [-0.2, 0) is 19.6 Å². The molecule has 3 fully saturated rings. The van der Waals surface area contributed by atoms with E-state index in [2.05, 4.69) is 16.8 Å². The van der Waals surface area contributed by atoms with Crippen molar-refractivity contribution in [2.45, 2.75) is 56.5 Å². The summed E-state index contributed by atoms with van der Waals surface area (Å²) < 4.78 is 39.8. The van der Waals surface area contributed by atoms with Gasteiger partial charge >= 0.3 is 0 Å². The maximum Gasteiger partial charge on any atom is 0.248 e. The number of hydrogen-bond acceptors (Lipinski definition) is 7. The van der Waals surface area contributed by atoms with Gasteiger partial charge in [0.05, 0.1) is 18.6 Å². The fourth-order valence-corrected chi connectivity index (χ4v) is 7.98. The lowest BCUT2D eigenvalue weighted by molar-refractivity contribution is -0.138. The lowest BCUT2D eigenvalue weighted by Gasteiger charge is -2.42. The van der Waals surface area contributed by atoms with Crippen molar-refractivity contribution in [1.82, 2.24) is 19.0 Å². The second-order valence-corrected chi connectivity index (χ2v) is 12.3. The molecule has 9 nitrogen and oxygen atoms in total. The second-order valence-electron chi connectivity index (χ2n) is 10.5. The fraction of sp³-hybridized carbons (Fsp3) is 0.731. The Morgan fingerprint density at radius 1 is 0.972 bits per heavy atom. The van der Waals surface area contributed by atoms with E-state index in [1.165, 1.54) is 0 Å². The molecule has 0 N–H and O–H groups in total. The summed E-state index contributed by atoms with van der Waals surface area (Å²) in [5, 5.41) is 0. The average Bonchev–Trinajstić information content (AvgIpc) is 3.33. The van der Waals surface area contributed by atoms with Crippen molar-refractivity contribution < 1.29 is 22.7 Å². The molecule has 0 saturated carbocycles. The van der Waals surface area contributed by atoms with Crippen molar-refractivity contribution in [1.29, 1.82) is 0 Å². The molecule has 3 saturated heterocycles. The Bertz CT molecular complexity index is 994. The molecule has 0 spiro atoms. The average molecular weight is 523 g/mol. The summed E-state index contributed by atoms with van der Waals surface area (Å²) in [5.74, 6) is 0.650. The van der Waals surface area contributed by atoms with Gasteiger partial charge in [-0.05, 0) is 69.8 Å². The zero-order valence-corrected chi connectivity index (χ0v) is 23.1. The van der Waals surface area contributed by atoms with Gasteiger partial charge in [0.1, 0.15) is 12.4 Å². The van der Waals surface area contributed by atoms with E-state index < -0.39 is 10.0 Å². The molecule has 10 heteroatoms. The number of sulfonamides is 1. The number of methoxy groups -OCH3 is 1. The van der Waals surface area contributed by atoms with E-state index in [0.29, 0.717) is 34.4 Å². The van der Waals surface area contributed by atoms with Gasteiger partial charge in [0, 0.05) is 57.9 Å². The second kappa shape index (κ2) is 11.8. The Morgan fingerprint density at radius 3 is 2.22 bits per heavy atom. The molecule has 4 rings (SSSR count). The van der Waals surface area contributed by atoms with Gasteiger partial charge in [0.15, 0.2) is 0 Å². The Hall–Kier alpha value is -1.72. The molecule has 3 aliphatic rings. The van der Waals surface area contributed by atoms with Gasteiger partial charge in [-0.2, -0.15) is 4.31 Å². The normalized spacial score (nSPS) is 23.3. The minimum atomic E-state index is -3.67. The maximum absolute atomic E-state index is 13.6. The van der Waals surface area contributed by atoms with Gasteiger partial charge in [0.2, 0.25) is 15.9 Å². The number of rotatable bonds is 8. The van der Waals surface area contributed by atoms with E-state index >= 15 is 0 Å². The number of hydrogen-bond donors (Lipinski definition) is 0. The predicted molar refractivity (Wildman–Crippen MR) is 139 cm³/mol. The van der Waals surface area contributed by atoms with Crippen LogP contribution >= 0.6 is 0 Å². The highest BCUT2D eigenvalue weighted by molar-refractivity contribution is 7.89. The number of aryl methyl sites for hydroxylation is 2. The maximum atomic E-state index is 13.6. The lowest BCUT2D eigenvalue weighted by Crippen LogP contribution is -2.53. The SMILES string of the molecule is COc1cc(C)c(S(=O)(=O)N2CCCC2COCC(=O)N2CCC(N3CCN(C)CC3)CC2)c(C)c1. The van der Waals surface area contributed by atoms with E-state index in [4.69, 9.17) is 9.47 Å². The summed E-state index contributed by atoms with van der Waals surface area (Å²) in [6, 6.07) is 3.82. The number of likely N-dealkylation sites (N-methyl/N-ethyl adjacent to an activating group) is 1. The van der Waals surface area contributed by atoms with Crippen molar-refractivity contribution in [2.75, 3.05) is 73.2 Å². The van der Waals surface area contributed by atoms with E-state index in [1.807, 2.05) is 4.90 Å². The fourth-order valence-electron chi connectivity index (χ4n) is 5.89. The van der Waals surface area contributed by atoms with Crippen LogP contribution in [0.15, 0.2) is 17.0 Å². The van der Waals surface area contributed by atoms with Crippen molar-refractivity contribution in [3.05, 3.63) is 23.3 Å². The minimum absolute atomic E-state index is 0.000995. The number of ether oxygens (including phenoxy) is 2. The predicted octanol–water partition coefficient (Wildman–Crippen LogP) is 1.72. The highest BCUT2D eigenvalue weighted by Crippen LogP contribution is 2.32. The Labute approximate surface area is 216 Å². The van der Waals surface area contributed by atoms with Crippen LogP contribution in [0.3, 0.4) is 0 Å². The summed E-state index contributed by atoms with van der Waals surface area (Å²) >= 11 is 0. The molecule has 1 unspecified atom stereocenters. The van der Waals surface area contributed by atoms with Gasteiger partial charge in [-0.3, -0.25) is 9.69 Å². The number of carbonyl (C=O) groups excluding carboxylic acids is 1. The molecule has 0 bridgehead atoms. The molecule has 0 radical (unpaired) electrons. The van der Waals surface area contributed by atoms with E-state index in [-0.39, 0.29) is 25.2 Å². The Morgan fingerprint density at radius 2 is 1.61 bits per heavy atom. The summed E-state index contributed by atoms with van der Waals surface area (Å²) in [4.78, 5) is 20.0. The third kappa shape index (κ3) is 6.05. The van der Waals surface area contributed by atoms with Crippen molar-refractivity contribution >= 4 is 15.9 Å². The Kier molecular flexibility index (Phi) is 8.93. The first-order chi connectivity index (χ1) is 17.2. The third-order valence-electron chi connectivity index (χ3n) is 7.97. The van der Waals surface area contributed by atoms with Crippen LogP contribution in [0.4, 0.5) is 0 Å². The van der Waals surface area contributed by atoms with E-state index in [9.17, 15) is 13.2 Å². The van der Waals surface area contributed by atoms with Gasteiger partial charge in [-0.25, -0.2) is 8.42 Å². The number of benzene rings is 1. The Balaban J connectivity index is 1.27. The first-order valence-electron chi connectivity index (χ1n) is 13.2. The van der Waals surface area contributed by atoms with Gasteiger partial charge in [-0.15, -0.1) is 0 Å². The molecule has 1 aromatic carbocycles. The highest BCUT2D eigenvalue weighted by atomic mass is 32.2. The number of amides is 1. The summed E-state index contributed by atoms with van der Waals surface area (Å²) in [7, 11) is 0.0724. The minimum Gasteiger partial charge on any atom is -0.497 e. The molecule has 3 heterocycles. The molecule has 0 aliphatic carbocycles. The van der Waals surface area contributed by atoms with Crippen LogP contribution < -0.4 is 4.74 Å². The van der Waals surface area contributed by atoms with Crippen LogP contribution in [0.5, 0.6) is 5.75 Å². The molecule has 0 aromatic heterocycles. The van der Waals surface area contributed by atoms with Crippen molar-refractivity contribution in [3.63, 3.8) is 0 Å². The summed E-state index contributed by atoms with van der Waals surface area (Å²) in [6.07, 6.45) is 3.53. The molecule has 3 aliphatic heterocycles. The monoisotopic (exact) mass is 522 g/mol. The van der Waals surface area contributed by atoms with Crippen molar-refractivity contribution in [3.8, 4) is 5.75 Å². The van der Waals surface area contributed by atoms with Gasteiger partial charge in [-0.1, -0.05) is 0 Å². The number of piperidine rings is 1. The van der Waals surface area contributed by atoms with Crippen LogP contribution in [0.2, 0.25) is 0 Å². The molecular formula is C26H42N4O5S. The van der Waals surface area contributed by atoms with Gasteiger partial charge < -0.3 is 19.3 Å². The molecule has 1 aromatic rings. The van der Waals surface area contributed by atoms with Crippen LogP contribution in [0.1, 0.15) is 36.8 Å². The van der Waals surface area contributed by atoms with Crippen LogP contribution in [0.25, 0.3) is 0 Å². The quantitative estimate of drug-likeness (QED) is 0.514. The van der Waals surface area contributed by atoms with Crippen LogP contribution in [-0.4, -0.2) is 119 Å². The van der Waals surface area contributed by atoms with Gasteiger partial charge in [0.25, 0.3) is 0 Å². The molecular weight excluding hydrogens is 480 g/mol. The number of nitrogens with zero attached hydrogens (tertiary/aromatic N) is 4. The number of piperazine rings is 1. The van der Waals surface area contributed by atoms with E-state index in [0.717, 1.165) is 65.0 Å². The molecule has 36 heavy (non-hydrogen) atoms. The zero-order chi connectivity index (χ0) is 25.9. The summed E-state index contributed by atoms with van der Waals surface area (Å²) in [6.45, 7) is 10.3. The summed E-state index contributed by atoms with van der Waals surface area (Å²) in [5.41, 5.74) is 1.35. The third-order valence-corrected chi connectivity index (χ3v) is 10.2. The zero-order valence-electron chi connectivity index (χ0n) is 22.2. The molecule has 1 amide bonds.